The number of halogens is 3. The van der Waals surface area contributed by atoms with Gasteiger partial charge in [0.1, 0.15) is 17.4 Å². The van der Waals surface area contributed by atoms with Crippen LogP contribution in [-0.4, -0.2) is 41.1 Å². The Labute approximate surface area is 199 Å². The number of thiophene rings is 1. The molecule has 0 unspecified atom stereocenters. The fraction of sp³-hybridized carbons (Fsp3) is 0.455. The predicted octanol–water partition coefficient (Wildman–Crippen LogP) is 4.59. The highest BCUT2D eigenvalue weighted by Gasteiger charge is 2.66. The lowest BCUT2D eigenvalue weighted by Crippen LogP contribution is -2.72. The second-order valence-corrected chi connectivity index (χ2v) is 8.91. The third-order valence-corrected chi connectivity index (χ3v) is 6.21. The molecular formula is C22H25F3N2O4S2. The lowest BCUT2D eigenvalue weighted by Gasteiger charge is -2.46. The number of ketones is 1. The van der Waals surface area contributed by atoms with Gasteiger partial charge in [-0.05, 0) is 48.6 Å². The molecule has 3 rings (SSSR count). The highest BCUT2D eigenvalue weighted by Crippen LogP contribution is 2.46. The van der Waals surface area contributed by atoms with Crippen molar-refractivity contribution < 1.29 is 32.5 Å². The standard InChI is InChI=1S/C22H25F3N2O4S2/c1-3-9-30-13-7-8-14(15(12-13)31-10-4-2)18-17(19(28)16-6-5-11-33-16)21(29,22(23,24)25)27-20(32)26-18/h5-8,11-12,17-18,29H,3-4,9-10H2,1-2H3,(H2,26,27,32)/t17-,18-,21-/m0/s1. The van der Waals surface area contributed by atoms with Crippen molar-refractivity contribution in [3.05, 3.63) is 46.2 Å². The zero-order chi connectivity index (χ0) is 24.2. The van der Waals surface area contributed by atoms with Crippen LogP contribution in [0.3, 0.4) is 0 Å². The van der Waals surface area contributed by atoms with Crippen LogP contribution < -0.4 is 20.1 Å². The molecular weight excluding hydrogens is 477 g/mol. The van der Waals surface area contributed by atoms with E-state index in [4.69, 9.17) is 21.7 Å². The molecule has 0 radical (unpaired) electrons. The van der Waals surface area contributed by atoms with Crippen LogP contribution in [0, 0.1) is 5.92 Å². The predicted molar refractivity (Wildman–Crippen MR) is 123 cm³/mol. The molecule has 0 spiro atoms. The largest absolute Gasteiger partial charge is 0.493 e. The zero-order valence-corrected chi connectivity index (χ0v) is 19.7. The Morgan fingerprint density at radius 2 is 1.91 bits per heavy atom. The maximum Gasteiger partial charge on any atom is 0.437 e. The zero-order valence-electron chi connectivity index (χ0n) is 18.1. The number of thiocarbonyl (C=S) groups is 1. The summed E-state index contributed by atoms with van der Waals surface area (Å²) in [6.07, 6.45) is -3.77. The molecule has 1 aromatic carbocycles. The van der Waals surface area contributed by atoms with Gasteiger partial charge in [-0.2, -0.15) is 13.2 Å². The van der Waals surface area contributed by atoms with Gasteiger partial charge in [-0.3, -0.25) is 4.79 Å². The molecule has 0 bridgehead atoms. The summed E-state index contributed by atoms with van der Waals surface area (Å²) in [5, 5.41) is 16.6. The maximum atomic E-state index is 14.1. The Morgan fingerprint density at radius 3 is 2.52 bits per heavy atom. The maximum absolute atomic E-state index is 14.1. The van der Waals surface area contributed by atoms with E-state index < -0.39 is 34.8 Å². The van der Waals surface area contributed by atoms with Gasteiger partial charge in [0.25, 0.3) is 0 Å². The lowest BCUT2D eigenvalue weighted by atomic mass is 9.78. The van der Waals surface area contributed by atoms with E-state index in [2.05, 4.69) is 5.32 Å². The molecule has 2 aromatic rings. The smallest absolute Gasteiger partial charge is 0.437 e. The second kappa shape index (κ2) is 10.3. The van der Waals surface area contributed by atoms with Crippen LogP contribution >= 0.6 is 23.6 Å². The molecule has 1 aliphatic heterocycles. The molecule has 1 fully saturated rings. The van der Waals surface area contributed by atoms with Crippen molar-refractivity contribution in [3.8, 4) is 11.5 Å². The Balaban J connectivity index is 2.14. The first-order valence-electron chi connectivity index (χ1n) is 10.5. The van der Waals surface area contributed by atoms with Crippen molar-refractivity contribution >= 4 is 34.5 Å². The summed E-state index contributed by atoms with van der Waals surface area (Å²) in [6.45, 7) is 4.59. The first kappa shape index (κ1) is 25.3. The van der Waals surface area contributed by atoms with Crippen LogP contribution in [0.1, 0.15) is 48.0 Å². The number of ether oxygens (including phenoxy) is 2. The minimum atomic E-state index is -5.19. The van der Waals surface area contributed by atoms with E-state index in [1.807, 2.05) is 19.2 Å². The highest BCUT2D eigenvalue weighted by atomic mass is 32.1. The lowest BCUT2D eigenvalue weighted by molar-refractivity contribution is -0.285. The summed E-state index contributed by atoms with van der Waals surface area (Å²) in [7, 11) is 0. The molecule has 0 amide bonds. The first-order valence-corrected chi connectivity index (χ1v) is 11.8. The average Bonchev–Trinajstić information content (AvgIpc) is 3.29. The number of rotatable bonds is 9. The number of Topliss-reactive ketones (excluding diaryl/α,β-unsaturated/α-hetero) is 1. The number of nitrogens with one attached hydrogen (secondary N) is 2. The van der Waals surface area contributed by atoms with Crippen LogP contribution in [0.15, 0.2) is 35.7 Å². The van der Waals surface area contributed by atoms with Gasteiger partial charge in [-0.25, -0.2) is 0 Å². The van der Waals surface area contributed by atoms with Crippen LogP contribution in [0.2, 0.25) is 0 Å². The van der Waals surface area contributed by atoms with Crippen molar-refractivity contribution in [2.45, 2.75) is 44.6 Å². The van der Waals surface area contributed by atoms with E-state index >= 15 is 0 Å². The Bertz CT molecular complexity index is 985. The van der Waals surface area contributed by atoms with Crippen molar-refractivity contribution in [2.75, 3.05) is 13.2 Å². The summed E-state index contributed by atoms with van der Waals surface area (Å²) in [6, 6.07) is 6.37. The Kier molecular flexibility index (Phi) is 7.86. The quantitative estimate of drug-likeness (QED) is 0.342. The molecule has 0 saturated carbocycles. The molecule has 3 atom stereocenters. The number of hydrogen-bond acceptors (Lipinski definition) is 6. The van der Waals surface area contributed by atoms with Crippen LogP contribution in [0.5, 0.6) is 11.5 Å². The average molecular weight is 503 g/mol. The summed E-state index contributed by atoms with van der Waals surface area (Å²) >= 11 is 5.99. The van der Waals surface area contributed by atoms with Crippen LogP contribution in [0.25, 0.3) is 0 Å². The van der Waals surface area contributed by atoms with Gasteiger partial charge < -0.3 is 25.2 Å². The fourth-order valence-electron chi connectivity index (χ4n) is 3.59. The molecule has 1 aromatic heterocycles. The minimum Gasteiger partial charge on any atom is -0.493 e. The molecule has 6 nitrogen and oxygen atoms in total. The normalized spacial score (nSPS) is 22.9. The van der Waals surface area contributed by atoms with E-state index in [0.717, 1.165) is 17.8 Å². The van der Waals surface area contributed by atoms with E-state index in [9.17, 15) is 23.1 Å². The van der Waals surface area contributed by atoms with Gasteiger partial charge in [0.05, 0.1) is 24.1 Å². The van der Waals surface area contributed by atoms with Gasteiger partial charge >= 0.3 is 6.18 Å². The van der Waals surface area contributed by atoms with Crippen LogP contribution in [-0.2, 0) is 0 Å². The number of benzene rings is 1. The van der Waals surface area contributed by atoms with Gasteiger partial charge in [-0.15, -0.1) is 11.3 Å². The minimum absolute atomic E-state index is 0.0861. The SMILES string of the molecule is CCCOc1ccc([C@@H]2NC(=S)N[C@@](O)(C(F)(F)F)[C@@H]2C(=O)c2cccs2)c(OCCC)c1. The summed E-state index contributed by atoms with van der Waals surface area (Å²) in [4.78, 5) is 13.4. The first-order chi connectivity index (χ1) is 15.6. The fourth-order valence-corrected chi connectivity index (χ4v) is 4.58. The molecule has 3 N–H and O–H groups in total. The molecule has 1 aliphatic rings. The highest BCUT2D eigenvalue weighted by molar-refractivity contribution is 7.80. The van der Waals surface area contributed by atoms with Crippen molar-refractivity contribution in [3.63, 3.8) is 0 Å². The summed E-state index contributed by atoms with van der Waals surface area (Å²) < 4.78 is 53.9. The van der Waals surface area contributed by atoms with E-state index in [0.29, 0.717) is 25.4 Å². The number of hydrogen-bond donors (Lipinski definition) is 3. The number of carbonyl (C=O) groups is 1. The molecule has 33 heavy (non-hydrogen) atoms. The topological polar surface area (TPSA) is 79.8 Å². The molecule has 11 heteroatoms. The van der Waals surface area contributed by atoms with Gasteiger partial charge in [0.2, 0.25) is 5.72 Å². The van der Waals surface area contributed by atoms with E-state index in [-0.39, 0.29) is 16.2 Å². The van der Waals surface area contributed by atoms with Crippen molar-refractivity contribution in [2.24, 2.45) is 5.92 Å². The molecule has 1 saturated heterocycles. The van der Waals surface area contributed by atoms with Gasteiger partial charge in [-0.1, -0.05) is 19.9 Å². The summed E-state index contributed by atoms with van der Waals surface area (Å²) in [5.74, 6) is -2.11. The molecule has 0 aliphatic carbocycles. The van der Waals surface area contributed by atoms with E-state index in [1.165, 1.54) is 12.1 Å². The molecule has 180 valence electrons. The third kappa shape index (κ3) is 5.25. The van der Waals surface area contributed by atoms with E-state index in [1.54, 1.807) is 23.6 Å². The number of carbonyl (C=O) groups excluding carboxylic acids is 1. The molecule has 2 heterocycles. The number of aliphatic hydroxyl groups is 1. The second-order valence-electron chi connectivity index (χ2n) is 7.56. The Morgan fingerprint density at radius 1 is 1.21 bits per heavy atom. The monoisotopic (exact) mass is 502 g/mol. The Hall–Kier alpha value is -2.37. The third-order valence-electron chi connectivity index (χ3n) is 5.11. The van der Waals surface area contributed by atoms with Gasteiger partial charge in [0.15, 0.2) is 10.9 Å². The van der Waals surface area contributed by atoms with Crippen molar-refractivity contribution in [1.29, 1.82) is 0 Å². The van der Waals surface area contributed by atoms with Crippen LogP contribution in [0.4, 0.5) is 13.2 Å². The van der Waals surface area contributed by atoms with Crippen molar-refractivity contribution in [1.82, 2.24) is 10.6 Å². The summed E-state index contributed by atoms with van der Waals surface area (Å²) in [5.41, 5.74) is -3.32. The van der Waals surface area contributed by atoms with Gasteiger partial charge in [0, 0.05) is 11.6 Å². The number of alkyl halides is 3.